The second-order valence-corrected chi connectivity index (χ2v) is 7.36. The maximum absolute atomic E-state index is 12.4. The zero-order valence-electron chi connectivity index (χ0n) is 15.9. The molecule has 3 amide bonds. The van der Waals surface area contributed by atoms with Crippen molar-refractivity contribution in [2.24, 2.45) is 5.73 Å². The van der Waals surface area contributed by atoms with E-state index < -0.39 is 5.91 Å². The molecular weight excluding hydrogens is 415 g/mol. The van der Waals surface area contributed by atoms with Crippen LogP contribution in [0.4, 0.5) is 11.4 Å². The molecule has 1 atom stereocenters. The Hall–Kier alpha value is -2.61. The summed E-state index contributed by atoms with van der Waals surface area (Å²) in [6.45, 7) is 2.84. The average Bonchev–Trinajstić information content (AvgIpc) is 2.65. The van der Waals surface area contributed by atoms with Gasteiger partial charge in [0.1, 0.15) is 0 Å². The predicted molar refractivity (Wildman–Crippen MR) is 115 cm³/mol. The number of carbonyl (C=O) groups is 3. The number of anilines is 2. The van der Waals surface area contributed by atoms with Crippen molar-refractivity contribution in [3.63, 3.8) is 0 Å². The number of primary amides is 1. The van der Waals surface area contributed by atoms with Gasteiger partial charge in [0.2, 0.25) is 5.91 Å². The molecule has 0 aromatic heterocycles. The molecule has 0 aliphatic rings. The molecule has 0 spiro atoms. The molecule has 0 fully saturated rings. The van der Waals surface area contributed by atoms with E-state index in [1.807, 2.05) is 6.92 Å². The first-order chi connectivity index (χ1) is 13.8. The van der Waals surface area contributed by atoms with Crippen molar-refractivity contribution in [2.45, 2.75) is 13.3 Å². The van der Waals surface area contributed by atoms with E-state index in [-0.39, 0.29) is 24.9 Å². The molecule has 2 aromatic carbocycles. The second-order valence-electron chi connectivity index (χ2n) is 6.52. The average molecular weight is 438 g/mol. The van der Waals surface area contributed by atoms with Crippen molar-refractivity contribution in [3.8, 4) is 0 Å². The molecule has 1 unspecified atom stereocenters. The fraction of sp³-hybridized carbons (Fsp3) is 0.250. The van der Waals surface area contributed by atoms with Gasteiger partial charge in [0.05, 0.1) is 17.3 Å². The van der Waals surface area contributed by atoms with Gasteiger partial charge in [-0.3, -0.25) is 14.4 Å². The minimum atomic E-state index is -0.535. The minimum absolute atomic E-state index is 0.102. The Kier molecular flexibility index (Phi) is 8.45. The summed E-state index contributed by atoms with van der Waals surface area (Å²) < 4.78 is 0. The highest BCUT2D eigenvalue weighted by atomic mass is 35.5. The summed E-state index contributed by atoms with van der Waals surface area (Å²) in [6.07, 6.45) is 0.807. The van der Waals surface area contributed by atoms with Crippen molar-refractivity contribution in [1.29, 1.82) is 0 Å². The summed E-state index contributed by atoms with van der Waals surface area (Å²) in [4.78, 5) is 36.7. The summed E-state index contributed by atoms with van der Waals surface area (Å²) in [7, 11) is 0. The van der Waals surface area contributed by atoms with Gasteiger partial charge in [-0.1, -0.05) is 30.1 Å². The number of halogens is 2. The number of nitrogens with one attached hydrogen (secondary N) is 3. The molecule has 0 heterocycles. The van der Waals surface area contributed by atoms with E-state index >= 15 is 0 Å². The van der Waals surface area contributed by atoms with Crippen LogP contribution in [0.5, 0.6) is 0 Å². The monoisotopic (exact) mass is 437 g/mol. The number of carbonyl (C=O) groups excluding carboxylic acids is 3. The van der Waals surface area contributed by atoms with E-state index in [4.69, 9.17) is 28.9 Å². The fourth-order valence-corrected chi connectivity index (χ4v) is 3.09. The maximum atomic E-state index is 12.4. The van der Waals surface area contributed by atoms with Crippen LogP contribution in [0.15, 0.2) is 42.5 Å². The SMILES string of the molecule is CCC[NH+](CC(=O)Nc1ccc(C(N)=O)cc1)CC(=O)Nc1cc(Cl)ccc1Cl. The van der Waals surface area contributed by atoms with Crippen molar-refractivity contribution < 1.29 is 19.3 Å². The van der Waals surface area contributed by atoms with Gasteiger partial charge in [0, 0.05) is 16.3 Å². The molecule has 0 saturated carbocycles. The Morgan fingerprint density at radius 2 is 1.59 bits per heavy atom. The Balaban J connectivity index is 1.94. The molecule has 7 nitrogen and oxygen atoms in total. The van der Waals surface area contributed by atoms with Crippen LogP contribution in [-0.2, 0) is 9.59 Å². The van der Waals surface area contributed by atoms with Crippen LogP contribution in [0.1, 0.15) is 23.7 Å². The minimum Gasteiger partial charge on any atom is -0.366 e. The Morgan fingerprint density at radius 3 is 2.17 bits per heavy atom. The molecular formula is C20H23Cl2N4O3+. The van der Waals surface area contributed by atoms with Gasteiger partial charge in [-0.15, -0.1) is 0 Å². The molecule has 2 aromatic rings. The van der Waals surface area contributed by atoms with Gasteiger partial charge in [-0.2, -0.15) is 0 Å². The van der Waals surface area contributed by atoms with Gasteiger partial charge in [0.15, 0.2) is 13.1 Å². The first-order valence-electron chi connectivity index (χ1n) is 9.06. The molecule has 0 radical (unpaired) electrons. The molecule has 0 aliphatic carbocycles. The summed E-state index contributed by atoms with van der Waals surface area (Å²) in [5.41, 5.74) is 6.54. The summed E-state index contributed by atoms with van der Waals surface area (Å²) >= 11 is 12.0. The molecule has 5 N–H and O–H groups in total. The lowest BCUT2D eigenvalue weighted by atomic mass is 10.2. The molecule has 29 heavy (non-hydrogen) atoms. The summed E-state index contributed by atoms with van der Waals surface area (Å²) in [5.74, 6) is -1.04. The normalized spacial score (nSPS) is 11.6. The van der Waals surface area contributed by atoms with E-state index in [1.54, 1.807) is 30.3 Å². The van der Waals surface area contributed by atoms with Crippen LogP contribution in [0.25, 0.3) is 0 Å². The standard InChI is InChI=1S/C20H22Cl2N4O3/c1-2-9-26(12-19(28)25-17-10-14(21)5-8-16(17)22)11-18(27)24-15-6-3-13(4-7-15)20(23)29/h3-8,10H,2,9,11-12H2,1H3,(H2,23,29)(H,24,27)(H,25,28)/p+1. The van der Waals surface area contributed by atoms with Crippen LogP contribution in [0.2, 0.25) is 10.0 Å². The first kappa shape index (κ1) is 22.7. The lowest BCUT2D eigenvalue weighted by Crippen LogP contribution is -3.14. The van der Waals surface area contributed by atoms with Gasteiger partial charge in [-0.25, -0.2) is 0 Å². The number of hydrogen-bond donors (Lipinski definition) is 4. The van der Waals surface area contributed by atoms with Crippen molar-refractivity contribution in [3.05, 3.63) is 58.1 Å². The van der Waals surface area contributed by atoms with Crippen LogP contribution >= 0.6 is 23.2 Å². The number of quaternary nitrogens is 1. The highest BCUT2D eigenvalue weighted by Gasteiger charge is 2.18. The zero-order valence-corrected chi connectivity index (χ0v) is 17.4. The van der Waals surface area contributed by atoms with Gasteiger partial charge in [-0.05, 0) is 48.9 Å². The van der Waals surface area contributed by atoms with E-state index in [2.05, 4.69) is 10.6 Å². The number of amides is 3. The highest BCUT2D eigenvalue weighted by molar-refractivity contribution is 6.35. The molecule has 2 rings (SSSR count). The smallest absolute Gasteiger partial charge is 0.279 e. The Labute approximate surface area is 179 Å². The summed E-state index contributed by atoms with van der Waals surface area (Å²) in [5, 5.41) is 6.33. The summed E-state index contributed by atoms with van der Waals surface area (Å²) in [6, 6.07) is 11.1. The third-order valence-electron chi connectivity index (χ3n) is 4.08. The second kappa shape index (κ2) is 10.8. The van der Waals surface area contributed by atoms with Crippen molar-refractivity contribution in [2.75, 3.05) is 30.3 Å². The highest BCUT2D eigenvalue weighted by Crippen LogP contribution is 2.25. The van der Waals surface area contributed by atoms with Gasteiger partial charge < -0.3 is 21.3 Å². The number of nitrogens with two attached hydrogens (primary N) is 1. The van der Waals surface area contributed by atoms with Crippen molar-refractivity contribution >= 4 is 52.3 Å². The number of rotatable bonds is 9. The van der Waals surface area contributed by atoms with Crippen LogP contribution < -0.4 is 21.3 Å². The molecule has 0 saturated heterocycles. The molecule has 0 bridgehead atoms. The third kappa shape index (κ3) is 7.38. The Morgan fingerprint density at radius 1 is 0.966 bits per heavy atom. The van der Waals surface area contributed by atoms with E-state index in [0.29, 0.717) is 33.5 Å². The number of hydrogen-bond acceptors (Lipinski definition) is 3. The zero-order chi connectivity index (χ0) is 21.4. The van der Waals surface area contributed by atoms with E-state index in [0.717, 1.165) is 11.3 Å². The third-order valence-corrected chi connectivity index (χ3v) is 4.65. The lowest BCUT2D eigenvalue weighted by molar-refractivity contribution is -0.883. The fourth-order valence-electron chi connectivity index (χ4n) is 2.76. The van der Waals surface area contributed by atoms with Crippen LogP contribution in [-0.4, -0.2) is 37.4 Å². The van der Waals surface area contributed by atoms with Crippen LogP contribution in [0.3, 0.4) is 0 Å². The predicted octanol–water partition coefficient (Wildman–Crippen LogP) is 1.96. The molecule has 154 valence electrons. The first-order valence-corrected chi connectivity index (χ1v) is 9.82. The van der Waals surface area contributed by atoms with Gasteiger partial charge >= 0.3 is 0 Å². The van der Waals surface area contributed by atoms with Gasteiger partial charge in [0.25, 0.3) is 11.8 Å². The quantitative estimate of drug-likeness (QED) is 0.481. The topological polar surface area (TPSA) is 106 Å². The number of benzene rings is 2. The Bertz CT molecular complexity index is 888. The largest absolute Gasteiger partial charge is 0.366 e. The van der Waals surface area contributed by atoms with E-state index in [1.165, 1.54) is 12.1 Å². The maximum Gasteiger partial charge on any atom is 0.279 e. The van der Waals surface area contributed by atoms with Crippen molar-refractivity contribution in [1.82, 2.24) is 0 Å². The lowest BCUT2D eigenvalue weighted by Gasteiger charge is -2.18. The molecule has 0 aliphatic heterocycles. The van der Waals surface area contributed by atoms with Crippen LogP contribution in [0, 0.1) is 0 Å². The van der Waals surface area contributed by atoms with E-state index in [9.17, 15) is 14.4 Å². The molecule has 9 heteroatoms.